The van der Waals surface area contributed by atoms with Crippen LogP contribution < -0.4 is 9.64 Å². The number of piperidine rings is 2. The molecule has 1 aromatic heterocycles. The molecule has 0 amide bonds. The van der Waals surface area contributed by atoms with Crippen LogP contribution in [0.15, 0.2) is 63.3 Å². The van der Waals surface area contributed by atoms with Crippen molar-refractivity contribution in [2.24, 2.45) is 0 Å². The Morgan fingerprint density at radius 3 is 2.02 bits per heavy atom. The average Bonchev–Trinajstić information content (AvgIpc) is 3.08. The van der Waals surface area contributed by atoms with Crippen molar-refractivity contribution in [1.29, 1.82) is 0 Å². The zero-order valence-corrected chi connectivity index (χ0v) is 28.1. The first kappa shape index (κ1) is 31.6. The van der Waals surface area contributed by atoms with Gasteiger partial charge in [-0.3, -0.25) is 14.8 Å². The summed E-state index contributed by atoms with van der Waals surface area (Å²) in [5.74, 6) is 0.665. The molecule has 6 rings (SSSR count). The normalized spacial score (nSPS) is 20.4. The Hall–Kier alpha value is -2.37. The Bertz CT molecular complexity index is 1510. The lowest BCUT2D eigenvalue weighted by molar-refractivity contribution is 0.0384. The molecular formula is C34H47N5O3S2. The molecule has 3 aliphatic heterocycles. The molecule has 44 heavy (non-hydrogen) atoms. The predicted molar refractivity (Wildman–Crippen MR) is 180 cm³/mol. The average molecular weight is 638 g/mol. The Morgan fingerprint density at radius 2 is 1.45 bits per heavy atom. The van der Waals surface area contributed by atoms with Gasteiger partial charge in [-0.05, 0) is 101 Å². The number of hydrogen-bond acceptors (Lipinski definition) is 9. The quantitative estimate of drug-likeness (QED) is 0.293. The second-order valence-corrected chi connectivity index (χ2v) is 15.0. The number of fused-ring (bicyclic) bond motifs is 1. The first-order chi connectivity index (χ1) is 21.4. The van der Waals surface area contributed by atoms with E-state index in [1.165, 1.54) is 32.5 Å². The molecule has 3 saturated heterocycles. The van der Waals surface area contributed by atoms with Gasteiger partial charge in [-0.25, -0.2) is 8.42 Å². The molecule has 10 heteroatoms. The van der Waals surface area contributed by atoms with Gasteiger partial charge in [-0.15, -0.1) is 11.8 Å². The maximum absolute atomic E-state index is 14.1. The van der Waals surface area contributed by atoms with Crippen LogP contribution in [0.1, 0.15) is 39.5 Å². The monoisotopic (exact) mass is 637 g/mol. The van der Waals surface area contributed by atoms with Gasteiger partial charge in [-0.2, -0.15) is 0 Å². The number of pyridine rings is 1. The van der Waals surface area contributed by atoms with Crippen molar-refractivity contribution in [3.8, 4) is 5.75 Å². The van der Waals surface area contributed by atoms with E-state index in [0.29, 0.717) is 18.4 Å². The lowest BCUT2D eigenvalue weighted by Gasteiger charge is -2.46. The Balaban J connectivity index is 1.20. The molecule has 0 aliphatic carbocycles. The van der Waals surface area contributed by atoms with E-state index < -0.39 is 9.84 Å². The number of thioether (sulfide) groups is 1. The van der Waals surface area contributed by atoms with Crippen molar-refractivity contribution in [1.82, 2.24) is 19.7 Å². The Labute approximate surface area is 267 Å². The van der Waals surface area contributed by atoms with Crippen LogP contribution in [0.5, 0.6) is 5.75 Å². The molecule has 3 aliphatic rings. The van der Waals surface area contributed by atoms with E-state index in [0.717, 1.165) is 79.6 Å². The standard InChI is InChI=1S/C34H47N5O3S2/c1-4-36-16-12-26(13-17-36)37-20-22-38(23-21-37)27-14-18-39(19-15-27)34-31-24-29(43-3)8-11-32(31)35-25-33(34)44(40,41)30-9-6-28(7-10-30)42-5-2/h6-11,24-27H,4-5,12-23H2,1-3H3. The molecule has 0 unspecified atom stereocenters. The molecule has 0 saturated carbocycles. The zero-order valence-electron chi connectivity index (χ0n) is 26.5. The third-order valence-corrected chi connectivity index (χ3v) is 12.4. The summed E-state index contributed by atoms with van der Waals surface area (Å²) in [5.41, 5.74) is 1.62. The smallest absolute Gasteiger partial charge is 0.210 e. The van der Waals surface area contributed by atoms with Crippen molar-refractivity contribution in [3.05, 3.63) is 48.7 Å². The number of aromatic nitrogens is 1. The molecule has 2 aromatic carbocycles. The highest BCUT2D eigenvalue weighted by molar-refractivity contribution is 7.98. The summed E-state index contributed by atoms with van der Waals surface area (Å²) in [7, 11) is -3.80. The van der Waals surface area contributed by atoms with Crippen molar-refractivity contribution < 1.29 is 13.2 Å². The molecule has 0 radical (unpaired) electrons. The minimum Gasteiger partial charge on any atom is -0.494 e. The van der Waals surface area contributed by atoms with Gasteiger partial charge in [0.05, 0.1) is 22.7 Å². The van der Waals surface area contributed by atoms with Crippen molar-refractivity contribution in [2.45, 2.75) is 66.3 Å². The highest BCUT2D eigenvalue weighted by Gasteiger charge is 2.33. The van der Waals surface area contributed by atoms with Crippen LogP contribution in [0.3, 0.4) is 0 Å². The number of piperazine rings is 1. The number of hydrogen-bond donors (Lipinski definition) is 0. The summed E-state index contributed by atoms with van der Waals surface area (Å²) < 4.78 is 33.8. The lowest BCUT2D eigenvalue weighted by Crippen LogP contribution is -2.56. The molecule has 0 bridgehead atoms. The van der Waals surface area contributed by atoms with Gasteiger partial charge in [0.25, 0.3) is 0 Å². The van der Waals surface area contributed by atoms with Gasteiger partial charge in [0, 0.05) is 67.8 Å². The van der Waals surface area contributed by atoms with E-state index in [-0.39, 0.29) is 9.79 Å². The van der Waals surface area contributed by atoms with E-state index in [4.69, 9.17) is 4.74 Å². The number of sulfone groups is 1. The third-order valence-electron chi connectivity index (χ3n) is 9.91. The first-order valence-corrected chi connectivity index (χ1v) is 19.0. The summed E-state index contributed by atoms with van der Waals surface area (Å²) in [5, 5.41) is 0.907. The van der Waals surface area contributed by atoms with Crippen LogP contribution in [0.2, 0.25) is 0 Å². The molecule has 3 aromatic rings. The van der Waals surface area contributed by atoms with Gasteiger partial charge in [0.2, 0.25) is 9.84 Å². The van der Waals surface area contributed by atoms with E-state index in [2.05, 4.69) is 43.6 Å². The second-order valence-electron chi connectivity index (χ2n) is 12.2. The van der Waals surface area contributed by atoms with Gasteiger partial charge in [0.1, 0.15) is 10.6 Å². The fourth-order valence-corrected chi connectivity index (χ4v) is 9.19. The fraction of sp³-hybridized carbons (Fsp3) is 0.559. The van der Waals surface area contributed by atoms with Crippen LogP contribution >= 0.6 is 11.8 Å². The second kappa shape index (κ2) is 14.0. The highest BCUT2D eigenvalue weighted by Crippen LogP contribution is 2.39. The number of benzene rings is 2. The molecule has 0 atom stereocenters. The van der Waals surface area contributed by atoms with Gasteiger partial charge < -0.3 is 14.5 Å². The first-order valence-electron chi connectivity index (χ1n) is 16.3. The number of anilines is 1. The molecule has 3 fully saturated rings. The number of rotatable bonds is 9. The van der Waals surface area contributed by atoms with Crippen molar-refractivity contribution in [2.75, 3.05) is 76.7 Å². The van der Waals surface area contributed by atoms with Crippen molar-refractivity contribution in [3.63, 3.8) is 0 Å². The van der Waals surface area contributed by atoms with Gasteiger partial charge in [-0.1, -0.05) is 6.92 Å². The van der Waals surface area contributed by atoms with Crippen LogP contribution in [0.4, 0.5) is 5.69 Å². The van der Waals surface area contributed by atoms with Crippen LogP contribution in [0.25, 0.3) is 10.9 Å². The van der Waals surface area contributed by atoms with Crippen molar-refractivity contribution >= 4 is 38.2 Å². The van der Waals surface area contributed by atoms with Crippen LogP contribution in [0, 0.1) is 0 Å². The number of nitrogens with zero attached hydrogens (tertiary/aromatic N) is 5. The minimum absolute atomic E-state index is 0.262. The maximum Gasteiger partial charge on any atom is 0.210 e. The van der Waals surface area contributed by atoms with Crippen LogP contribution in [-0.2, 0) is 9.84 Å². The molecule has 8 nitrogen and oxygen atoms in total. The molecular weight excluding hydrogens is 591 g/mol. The molecule has 4 heterocycles. The van der Waals surface area contributed by atoms with E-state index in [1.54, 1.807) is 42.2 Å². The maximum atomic E-state index is 14.1. The van der Waals surface area contributed by atoms with Crippen LogP contribution in [-0.4, -0.2) is 112 Å². The SMILES string of the molecule is CCOc1ccc(S(=O)(=O)c2cnc3ccc(SC)cc3c2N2CCC(N3CCN(C4CCN(CC)CC4)CC3)CC2)cc1. The topological polar surface area (TPSA) is 69.2 Å². The largest absolute Gasteiger partial charge is 0.494 e. The predicted octanol–water partition coefficient (Wildman–Crippen LogP) is 5.26. The third kappa shape index (κ3) is 6.60. The van der Waals surface area contributed by atoms with Gasteiger partial charge in [0.15, 0.2) is 0 Å². The summed E-state index contributed by atoms with van der Waals surface area (Å²) in [4.78, 5) is 16.6. The van der Waals surface area contributed by atoms with E-state index >= 15 is 0 Å². The Morgan fingerprint density at radius 1 is 0.841 bits per heavy atom. The summed E-state index contributed by atoms with van der Waals surface area (Å²) in [6.45, 7) is 14.6. The number of likely N-dealkylation sites (tertiary alicyclic amines) is 1. The molecule has 238 valence electrons. The van der Waals surface area contributed by atoms with Gasteiger partial charge >= 0.3 is 0 Å². The Kier molecular flexibility index (Phi) is 10.0. The zero-order chi connectivity index (χ0) is 30.7. The molecule has 0 N–H and O–H groups in total. The lowest BCUT2D eigenvalue weighted by atomic mass is 9.99. The minimum atomic E-state index is -3.80. The fourth-order valence-electron chi connectivity index (χ4n) is 7.32. The highest BCUT2D eigenvalue weighted by atomic mass is 32.2. The van der Waals surface area contributed by atoms with E-state index in [9.17, 15) is 8.42 Å². The number of ether oxygens (including phenoxy) is 1. The summed E-state index contributed by atoms with van der Waals surface area (Å²) >= 11 is 1.66. The van der Waals surface area contributed by atoms with E-state index in [1.807, 2.05) is 19.2 Å². The summed E-state index contributed by atoms with van der Waals surface area (Å²) in [6.07, 6.45) is 8.28. The molecule has 0 spiro atoms. The summed E-state index contributed by atoms with van der Waals surface area (Å²) in [6, 6.07) is 14.2.